The van der Waals surface area contributed by atoms with Crippen molar-refractivity contribution in [3.05, 3.63) is 109 Å². The standard InChI is InChI=1S/C25H18BO2P/c1-3-11-22(12-4-1)27-29(28-23-13-5-2-6-14-23)25-16-15-21-17-19-9-7-8-10-20(19)18-24(21)26-25/h1-18H/q+1. The molecule has 0 N–H and O–H groups in total. The fourth-order valence-electron chi connectivity index (χ4n) is 3.32. The Bertz CT molecular complexity index is 1170. The van der Waals surface area contributed by atoms with Crippen LogP contribution in [0.3, 0.4) is 0 Å². The summed E-state index contributed by atoms with van der Waals surface area (Å²) < 4.78 is 12.6. The summed E-state index contributed by atoms with van der Waals surface area (Å²) in [6.07, 6.45) is 4.25. The zero-order chi connectivity index (χ0) is 19.5. The van der Waals surface area contributed by atoms with Gasteiger partial charge in [-0.05, 0) is 52.7 Å². The molecule has 29 heavy (non-hydrogen) atoms. The molecule has 0 spiro atoms. The van der Waals surface area contributed by atoms with Crippen molar-refractivity contribution in [2.24, 2.45) is 0 Å². The van der Waals surface area contributed by atoms with Crippen LogP contribution >= 0.6 is 8.00 Å². The van der Waals surface area contributed by atoms with Gasteiger partial charge in [-0.25, -0.2) is 0 Å². The first-order valence-corrected chi connectivity index (χ1v) is 10.7. The van der Waals surface area contributed by atoms with Crippen molar-refractivity contribution in [1.82, 2.24) is 0 Å². The molecule has 4 aromatic carbocycles. The Morgan fingerprint density at radius 3 is 1.76 bits per heavy atom. The van der Waals surface area contributed by atoms with Crippen molar-refractivity contribution in [2.75, 3.05) is 0 Å². The second kappa shape index (κ2) is 7.99. The van der Waals surface area contributed by atoms with Crippen molar-refractivity contribution in [3.63, 3.8) is 0 Å². The van der Waals surface area contributed by atoms with Crippen LogP contribution in [0.15, 0.2) is 103 Å². The predicted molar refractivity (Wildman–Crippen MR) is 124 cm³/mol. The van der Waals surface area contributed by atoms with Crippen LogP contribution in [0.1, 0.15) is 5.56 Å². The number of rotatable bonds is 4. The van der Waals surface area contributed by atoms with E-state index in [2.05, 4.69) is 55.8 Å². The molecule has 0 aliphatic carbocycles. The number of allylic oxidation sites excluding steroid dienone is 1. The van der Waals surface area contributed by atoms with Gasteiger partial charge in [-0.2, -0.15) is 0 Å². The second-order valence-corrected chi connectivity index (χ2v) is 8.19. The van der Waals surface area contributed by atoms with E-state index in [1.54, 1.807) is 0 Å². The maximum Gasteiger partial charge on any atom is 0.525 e. The van der Waals surface area contributed by atoms with Gasteiger partial charge in [0.05, 0.1) is 0 Å². The molecule has 0 bridgehead atoms. The second-order valence-electron chi connectivity index (χ2n) is 6.80. The number of para-hydroxylation sites is 2. The largest absolute Gasteiger partial charge is 0.525 e. The van der Waals surface area contributed by atoms with E-state index in [0.29, 0.717) is 0 Å². The molecule has 1 heterocycles. The van der Waals surface area contributed by atoms with Crippen molar-refractivity contribution in [1.29, 1.82) is 0 Å². The number of hydrogen-bond donors (Lipinski definition) is 0. The van der Waals surface area contributed by atoms with Crippen LogP contribution in [0.5, 0.6) is 11.5 Å². The van der Waals surface area contributed by atoms with Crippen LogP contribution in [0, 0.1) is 0 Å². The van der Waals surface area contributed by atoms with E-state index >= 15 is 0 Å². The molecule has 0 aromatic heterocycles. The molecule has 5 rings (SSSR count). The third-order valence-electron chi connectivity index (χ3n) is 4.76. The first-order chi connectivity index (χ1) is 14.3. The van der Waals surface area contributed by atoms with Crippen molar-refractivity contribution >= 4 is 42.8 Å². The number of hydrogen-bond acceptors (Lipinski definition) is 2. The van der Waals surface area contributed by atoms with Gasteiger partial charge in [0, 0.05) is 0 Å². The van der Waals surface area contributed by atoms with Gasteiger partial charge in [0.2, 0.25) is 0 Å². The molecular weight excluding hydrogens is 374 g/mol. The molecule has 2 nitrogen and oxygen atoms in total. The first-order valence-electron chi connectivity index (χ1n) is 9.54. The summed E-state index contributed by atoms with van der Waals surface area (Å²) >= 11 is 0. The monoisotopic (exact) mass is 392 g/mol. The third kappa shape index (κ3) is 3.96. The molecule has 0 atom stereocenters. The topological polar surface area (TPSA) is 18.5 Å². The van der Waals surface area contributed by atoms with Crippen LogP contribution in [-0.2, 0) is 0 Å². The van der Waals surface area contributed by atoms with Crippen LogP contribution < -0.4 is 14.5 Å². The van der Waals surface area contributed by atoms with Gasteiger partial charge in [-0.1, -0.05) is 78.3 Å². The molecule has 0 unspecified atom stereocenters. The molecule has 1 aliphatic heterocycles. The maximum absolute atomic E-state index is 6.28. The Kier molecular flexibility index (Phi) is 4.90. The number of fused-ring (bicyclic) bond motifs is 2. The van der Waals surface area contributed by atoms with Gasteiger partial charge in [-0.15, -0.1) is 0 Å². The molecule has 4 aromatic rings. The molecule has 0 amide bonds. The van der Waals surface area contributed by atoms with E-state index in [1.807, 2.05) is 60.7 Å². The Balaban J connectivity index is 1.55. The third-order valence-corrected chi connectivity index (χ3v) is 6.22. The zero-order valence-electron chi connectivity index (χ0n) is 15.7. The van der Waals surface area contributed by atoms with E-state index in [1.165, 1.54) is 21.8 Å². The SMILES string of the molecule is [B]1C(=[P+](Oc2ccccc2)Oc2ccccc2)C=Cc2cc3ccccc3cc21. The summed E-state index contributed by atoms with van der Waals surface area (Å²) in [4.78, 5) is 0. The van der Waals surface area contributed by atoms with E-state index in [4.69, 9.17) is 9.05 Å². The van der Waals surface area contributed by atoms with Crippen LogP contribution in [0.2, 0.25) is 0 Å². The van der Waals surface area contributed by atoms with E-state index < -0.39 is 8.00 Å². The van der Waals surface area contributed by atoms with Crippen molar-refractivity contribution in [2.45, 2.75) is 0 Å². The van der Waals surface area contributed by atoms with Crippen LogP contribution in [-0.4, -0.2) is 12.5 Å². The molecule has 137 valence electrons. The lowest BCUT2D eigenvalue weighted by atomic mass is 9.62. The molecule has 1 radical (unpaired) electrons. The summed E-state index contributed by atoms with van der Waals surface area (Å²) in [6, 6.07) is 32.6. The molecular formula is C25H18BO2P+. The summed E-state index contributed by atoms with van der Waals surface area (Å²) in [6.45, 7) is 0. The lowest BCUT2D eigenvalue weighted by Gasteiger charge is -2.11. The van der Waals surface area contributed by atoms with Gasteiger partial charge in [0.1, 0.15) is 0 Å². The number of benzene rings is 4. The summed E-state index contributed by atoms with van der Waals surface area (Å²) in [7, 11) is 0.855. The van der Waals surface area contributed by atoms with Gasteiger partial charge >= 0.3 is 8.00 Å². The minimum absolute atomic E-state index is 0.799. The van der Waals surface area contributed by atoms with Gasteiger partial charge in [0.15, 0.2) is 16.7 Å². The van der Waals surface area contributed by atoms with Crippen molar-refractivity contribution in [3.8, 4) is 11.5 Å². The fourth-order valence-corrected chi connectivity index (χ4v) is 4.63. The highest BCUT2D eigenvalue weighted by atomic mass is 31.1. The molecule has 0 saturated carbocycles. The zero-order valence-corrected chi connectivity index (χ0v) is 16.6. The molecule has 0 saturated heterocycles. The highest BCUT2D eigenvalue weighted by molar-refractivity contribution is 7.56. The highest BCUT2D eigenvalue weighted by Crippen LogP contribution is 2.34. The lowest BCUT2D eigenvalue weighted by Crippen LogP contribution is -2.28. The van der Waals surface area contributed by atoms with E-state index in [9.17, 15) is 0 Å². The molecule has 4 heteroatoms. The quantitative estimate of drug-likeness (QED) is 0.323. The molecule has 1 aliphatic rings. The smallest absolute Gasteiger partial charge is 0.254 e. The summed E-state index contributed by atoms with van der Waals surface area (Å²) in [5.74, 6) is 1.60. The Hall–Kier alpha value is -3.29. The van der Waals surface area contributed by atoms with Gasteiger partial charge < -0.3 is 0 Å². The fraction of sp³-hybridized carbons (Fsp3) is 0. The Morgan fingerprint density at radius 2 is 1.14 bits per heavy atom. The van der Waals surface area contributed by atoms with E-state index in [-0.39, 0.29) is 0 Å². The van der Waals surface area contributed by atoms with Crippen LogP contribution in [0.25, 0.3) is 16.8 Å². The minimum atomic E-state index is -1.32. The van der Waals surface area contributed by atoms with Gasteiger partial charge in [0.25, 0.3) is 7.28 Å². The van der Waals surface area contributed by atoms with E-state index in [0.717, 1.165) is 16.7 Å². The highest BCUT2D eigenvalue weighted by Gasteiger charge is 2.29. The van der Waals surface area contributed by atoms with Crippen molar-refractivity contribution < 1.29 is 9.05 Å². The van der Waals surface area contributed by atoms with Crippen LogP contribution in [0.4, 0.5) is 0 Å². The lowest BCUT2D eigenvalue weighted by molar-refractivity contribution is 0.510. The Morgan fingerprint density at radius 1 is 0.586 bits per heavy atom. The first kappa shape index (κ1) is 17.8. The predicted octanol–water partition coefficient (Wildman–Crippen LogP) is 5.80. The normalized spacial score (nSPS) is 12.2. The summed E-state index contributed by atoms with van der Waals surface area (Å²) in [5, 5.41) is 3.51. The summed E-state index contributed by atoms with van der Waals surface area (Å²) in [5.41, 5.74) is 2.39. The Labute approximate surface area is 172 Å². The average molecular weight is 392 g/mol. The molecule has 0 fully saturated rings. The van der Waals surface area contributed by atoms with Gasteiger partial charge in [-0.3, -0.25) is 9.05 Å². The average Bonchev–Trinajstić information content (AvgIpc) is 2.78. The minimum Gasteiger partial charge on any atom is -0.254 e. The maximum atomic E-state index is 6.28.